The first kappa shape index (κ1) is 20.1. The van der Waals surface area contributed by atoms with Crippen LogP contribution >= 0.6 is 0 Å². The van der Waals surface area contributed by atoms with Crippen LogP contribution in [0, 0.1) is 29.4 Å². The molecule has 1 unspecified atom stereocenters. The molecule has 2 aliphatic carbocycles. The van der Waals surface area contributed by atoms with E-state index < -0.39 is 11.6 Å². The van der Waals surface area contributed by atoms with Crippen LogP contribution in [0.2, 0.25) is 0 Å². The molecule has 1 saturated carbocycles. The first-order valence-electron chi connectivity index (χ1n) is 10.5. The summed E-state index contributed by atoms with van der Waals surface area (Å²) in [5, 5.41) is 0. The first-order valence-corrected chi connectivity index (χ1v) is 10.5. The van der Waals surface area contributed by atoms with Crippen LogP contribution in [0.5, 0.6) is 5.75 Å². The van der Waals surface area contributed by atoms with Crippen molar-refractivity contribution >= 4 is 5.57 Å². The molecule has 0 bridgehead atoms. The molecule has 148 valence electrons. The van der Waals surface area contributed by atoms with Gasteiger partial charge in [-0.25, -0.2) is 4.39 Å². The summed E-state index contributed by atoms with van der Waals surface area (Å²) in [5.74, 6) is 0.552. The van der Waals surface area contributed by atoms with E-state index in [0.717, 1.165) is 36.7 Å². The van der Waals surface area contributed by atoms with Crippen LogP contribution in [0.3, 0.4) is 0 Å². The lowest BCUT2D eigenvalue weighted by Gasteiger charge is -2.35. The van der Waals surface area contributed by atoms with Crippen LogP contribution in [0.1, 0.15) is 70.3 Å². The normalized spacial score (nSPS) is 26.2. The number of halogens is 2. The maximum atomic E-state index is 14.4. The Morgan fingerprint density at radius 3 is 2.44 bits per heavy atom. The highest BCUT2D eigenvalue weighted by Gasteiger charge is 2.29. The highest BCUT2D eigenvalue weighted by atomic mass is 19.2. The average Bonchev–Trinajstić information content (AvgIpc) is 2.71. The lowest BCUT2D eigenvalue weighted by atomic mass is 9.71. The summed E-state index contributed by atoms with van der Waals surface area (Å²) >= 11 is 0. The van der Waals surface area contributed by atoms with Crippen LogP contribution in [0.25, 0.3) is 5.57 Å². The lowest BCUT2D eigenvalue weighted by Crippen LogP contribution is -2.22. The van der Waals surface area contributed by atoms with Gasteiger partial charge in [-0.3, -0.25) is 0 Å². The number of allylic oxidation sites excluding steroid dienone is 4. The zero-order valence-corrected chi connectivity index (χ0v) is 16.6. The van der Waals surface area contributed by atoms with Crippen molar-refractivity contribution in [3.8, 4) is 5.75 Å². The van der Waals surface area contributed by atoms with E-state index in [0.29, 0.717) is 11.5 Å². The lowest BCUT2D eigenvalue weighted by molar-refractivity contribution is 0.212. The van der Waals surface area contributed by atoms with E-state index >= 15 is 0 Å². The maximum absolute atomic E-state index is 14.4. The summed E-state index contributed by atoms with van der Waals surface area (Å²) in [4.78, 5) is 0. The summed E-state index contributed by atoms with van der Waals surface area (Å²) in [5.41, 5.74) is 1.35. The van der Waals surface area contributed by atoms with Crippen LogP contribution in [0.15, 0.2) is 30.4 Å². The minimum atomic E-state index is -0.882. The smallest absolute Gasteiger partial charge is 0.201 e. The molecule has 27 heavy (non-hydrogen) atoms. The number of ether oxygens (including phenoxy) is 1. The molecule has 0 amide bonds. The highest BCUT2D eigenvalue weighted by molar-refractivity contribution is 5.67. The molecule has 2 aliphatic rings. The van der Waals surface area contributed by atoms with Crippen molar-refractivity contribution < 1.29 is 13.5 Å². The van der Waals surface area contributed by atoms with Gasteiger partial charge in [0.1, 0.15) is 0 Å². The standard InChI is InChI=1S/C24H32F2O/c1-3-4-5-6-17-7-9-18(10-8-17)19-11-13-20(14-12-19)21-15-16-22(27-2)24(26)23(21)25/h5-6,13,15-19H,3-4,7-12,14H2,1-2H3. The van der Waals surface area contributed by atoms with Gasteiger partial charge in [0.15, 0.2) is 11.6 Å². The molecular formula is C24H32F2O. The maximum Gasteiger partial charge on any atom is 0.201 e. The molecule has 0 aliphatic heterocycles. The van der Waals surface area contributed by atoms with Gasteiger partial charge in [0.25, 0.3) is 0 Å². The van der Waals surface area contributed by atoms with Crippen molar-refractivity contribution in [1.29, 1.82) is 0 Å². The molecule has 0 saturated heterocycles. The Labute approximate surface area is 162 Å². The molecule has 1 aromatic carbocycles. The molecule has 3 rings (SSSR count). The number of unbranched alkanes of at least 4 members (excludes halogenated alkanes) is 1. The second kappa shape index (κ2) is 9.52. The molecule has 0 heterocycles. The van der Waals surface area contributed by atoms with Crippen LogP contribution < -0.4 is 4.74 Å². The van der Waals surface area contributed by atoms with E-state index in [1.54, 1.807) is 6.07 Å². The molecule has 0 radical (unpaired) electrons. The average molecular weight is 375 g/mol. The van der Waals surface area contributed by atoms with E-state index in [-0.39, 0.29) is 5.75 Å². The topological polar surface area (TPSA) is 9.23 Å². The SMILES string of the molecule is CCCC=CC1CCC(C2CC=C(c3ccc(OC)c(F)c3F)CC2)CC1. The Bertz CT molecular complexity index is 684. The molecule has 0 aromatic heterocycles. The molecule has 1 fully saturated rings. The van der Waals surface area contributed by atoms with Crippen molar-refractivity contribution in [3.63, 3.8) is 0 Å². The second-order valence-corrected chi connectivity index (χ2v) is 8.10. The first-order chi connectivity index (χ1) is 13.1. The number of hydrogen-bond acceptors (Lipinski definition) is 1. The van der Waals surface area contributed by atoms with Crippen LogP contribution in [0.4, 0.5) is 8.78 Å². The van der Waals surface area contributed by atoms with Gasteiger partial charge in [-0.05, 0) is 86.8 Å². The predicted octanol–water partition coefficient (Wildman–Crippen LogP) is 7.32. The number of hydrogen-bond donors (Lipinski definition) is 0. The van der Waals surface area contributed by atoms with Crippen LogP contribution in [-0.4, -0.2) is 7.11 Å². The fourth-order valence-electron chi connectivity index (χ4n) is 4.73. The minimum Gasteiger partial charge on any atom is -0.494 e. The summed E-state index contributed by atoms with van der Waals surface area (Å²) in [6.45, 7) is 2.22. The zero-order valence-electron chi connectivity index (χ0n) is 16.6. The van der Waals surface area contributed by atoms with Crippen molar-refractivity contribution in [3.05, 3.63) is 47.6 Å². The van der Waals surface area contributed by atoms with Gasteiger partial charge >= 0.3 is 0 Å². The third kappa shape index (κ3) is 4.80. The summed E-state index contributed by atoms with van der Waals surface area (Å²) < 4.78 is 33.2. The molecule has 3 heteroatoms. The zero-order chi connectivity index (χ0) is 19.2. The van der Waals surface area contributed by atoms with E-state index in [1.807, 2.05) is 0 Å². The number of methoxy groups -OCH3 is 1. The van der Waals surface area contributed by atoms with Gasteiger partial charge in [0.05, 0.1) is 7.11 Å². The Morgan fingerprint density at radius 2 is 1.81 bits per heavy atom. The summed E-state index contributed by atoms with van der Waals surface area (Å²) in [6, 6.07) is 3.17. The Balaban J connectivity index is 1.57. The molecule has 1 aromatic rings. The minimum absolute atomic E-state index is 0.0321. The van der Waals surface area contributed by atoms with Gasteiger partial charge in [-0.15, -0.1) is 0 Å². The van der Waals surface area contributed by atoms with Crippen molar-refractivity contribution in [1.82, 2.24) is 0 Å². The molecular weight excluding hydrogens is 342 g/mol. The van der Waals surface area contributed by atoms with Gasteiger partial charge in [0.2, 0.25) is 5.82 Å². The van der Waals surface area contributed by atoms with E-state index in [2.05, 4.69) is 25.2 Å². The fraction of sp³-hybridized carbons (Fsp3) is 0.583. The van der Waals surface area contributed by atoms with Gasteiger partial charge < -0.3 is 4.74 Å². The summed E-state index contributed by atoms with van der Waals surface area (Å²) in [7, 11) is 1.36. The largest absolute Gasteiger partial charge is 0.494 e. The third-order valence-corrected chi connectivity index (χ3v) is 6.41. The molecule has 0 spiro atoms. The second-order valence-electron chi connectivity index (χ2n) is 8.10. The molecule has 0 N–H and O–H groups in total. The fourth-order valence-corrected chi connectivity index (χ4v) is 4.73. The van der Waals surface area contributed by atoms with E-state index in [9.17, 15) is 8.78 Å². The summed E-state index contributed by atoms with van der Waals surface area (Å²) in [6.07, 6.45) is 17.5. The van der Waals surface area contributed by atoms with Gasteiger partial charge in [0, 0.05) is 5.56 Å². The van der Waals surface area contributed by atoms with Crippen LogP contribution in [-0.2, 0) is 0 Å². The number of rotatable bonds is 6. The van der Waals surface area contributed by atoms with E-state index in [1.165, 1.54) is 51.7 Å². The number of benzene rings is 1. The Kier molecular flexibility index (Phi) is 7.09. The Morgan fingerprint density at radius 1 is 1.04 bits per heavy atom. The third-order valence-electron chi connectivity index (χ3n) is 6.41. The van der Waals surface area contributed by atoms with Gasteiger partial charge in [-0.1, -0.05) is 31.6 Å². The van der Waals surface area contributed by atoms with Gasteiger partial charge in [-0.2, -0.15) is 4.39 Å². The molecule has 1 nitrogen and oxygen atoms in total. The Hall–Kier alpha value is -1.64. The van der Waals surface area contributed by atoms with Crippen molar-refractivity contribution in [2.24, 2.45) is 17.8 Å². The van der Waals surface area contributed by atoms with Crippen molar-refractivity contribution in [2.75, 3.05) is 7.11 Å². The quantitative estimate of drug-likeness (QED) is 0.474. The monoisotopic (exact) mass is 374 g/mol. The van der Waals surface area contributed by atoms with Crippen molar-refractivity contribution in [2.45, 2.75) is 64.7 Å². The van der Waals surface area contributed by atoms with E-state index in [4.69, 9.17) is 4.74 Å². The highest BCUT2D eigenvalue weighted by Crippen LogP contribution is 2.42. The predicted molar refractivity (Wildman–Crippen MR) is 108 cm³/mol. The molecule has 1 atom stereocenters.